The Hall–Kier alpha value is -2.41. The number of nitrogens with zero attached hydrogens (tertiary/aromatic N) is 1. The lowest BCUT2D eigenvalue weighted by Gasteiger charge is -2.11. The van der Waals surface area contributed by atoms with E-state index in [1.54, 1.807) is 0 Å². The minimum atomic E-state index is 0.171. The van der Waals surface area contributed by atoms with Crippen molar-refractivity contribution in [3.8, 4) is 0 Å². The van der Waals surface area contributed by atoms with Gasteiger partial charge in [0.1, 0.15) is 0 Å². The molecule has 0 N–H and O–H groups in total. The van der Waals surface area contributed by atoms with Gasteiger partial charge in [0, 0.05) is 11.3 Å². The van der Waals surface area contributed by atoms with E-state index in [4.69, 9.17) is 4.99 Å². The van der Waals surface area contributed by atoms with Crippen molar-refractivity contribution in [2.75, 3.05) is 0 Å². The molecule has 1 nitrogen and oxygen atoms in total. The van der Waals surface area contributed by atoms with Crippen LogP contribution in [0.2, 0.25) is 0 Å². The molecule has 0 amide bonds. The summed E-state index contributed by atoms with van der Waals surface area (Å²) >= 11 is 0. The van der Waals surface area contributed by atoms with E-state index < -0.39 is 0 Å². The summed E-state index contributed by atoms with van der Waals surface area (Å²) in [6.07, 6.45) is 0. The minimum Gasteiger partial charge on any atom is -0.282 e. The fraction of sp³-hybridized carbons (Fsp3) is 0.150. The number of benzene rings is 3. The summed E-state index contributed by atoms with van der Waals surface area (Å²) in [5.74, 6) is 0. The Morgan fingerprint density at radius 2 is 1.48 bits per heavy atom. The summed E-state index contributed by atoms with van der Waals surface area (Å²) < 4.78 is 0. The van der Waals surface area contributed by atoms with Crippen LogP contribution in [0.4, 0.5) is 0 Å². The van der Waals surface area contributed by atoms with Crippen LogP contribution in [0.25, 0.3) is 10.8 Å². The van der Waals surface area contributed by atoms with Crippen LogP contribution < -0.4 is 0 Å². The van der Waals surface area contributed by atoms with E-state index in [1.165, 1.54) is 21.9 Å². The molecule has 21 heavy (non-hydrogen) atoms. The van der Waals surface area contributed by atoms with Crippen molar-refractivity contribution in [2.45, 2.75) is 19.9 Å². The number of fused-ring (bicyclic) bond motifs is 1. The second-order valence-electron chi connectivity index (χ2n) is 5.33. The summed E-state index contributed by atoms with van der Waals surface area (Å²) in [5.41, 5.74) is 3.55. The van der Waals surface area contributed by atoms with Gasteiger partial charge >= 0.3 is 0 Å². The fourth-order valence-corrected chi connectivity index (χ4v) is 2.71. The van der Waals surface area contributed by atoms with Gasteiger partial charge in [0.25, 0.3) is 0 Å². The first-order chi connectivity index (χ1) is 10.3. The standard InChI is InChI=1S/C20H19N/c1-15(17-9-4-3-5-10-17)21-16(2)19-14-8-12-18-11-6-7-13-20(18)19/h3-15H,1-2H3. The third-order valence-corrected chi connectivity index (χ3v) is 3.85. The lowest BCUT2D eigenvalue weighted by Crippen LogP contribution is -2.00. The molecule has 0 radical (unpaired) electrons. The van der Waals surface area contributed by atoms with Crippen LogP contribution in [0.1, 0.15) is 31.0 Å². The Kier molecular flexibility index (Phi) is 3.83. The van der Waals surface area contributed by atoms with Crippen LogP contribution in [0.5, 0.6) is 0 Å². The molecule has 0 heterocycles. The molecule has 0 aliphatic carbocycles. The van der Waals surface area contributed by atoms with Gasteiger partial charge in [0.05, 0.1) is 6.04 Å². The molecule has 0 saturated heterocycles. The molecule has 3 rings (SSSR count). The van der Waals surface area contributed by atoms with E-state index in [1.807, 2.05) is 6.07 Å². The van der Waals surface area contributed by atoms with E-state index in [2.05, 4.69) is 80.6 Å². The Labute approximate surface area is 126 Å². The van der Waals surface area contributed by atoms with Gasteiger partial charge in [-0.2, -0.15) is 0 Å². The zero-order chi connectivity index (χ0) is 14.7. The summed E-state index contributed by atoms with van der Waals surface area (Å²) in [4.78, 5) is 4.88. The van der Waals surface area contributed by atoms with Crippen LogP contribution in [0.3, 0.4) is 0 Å². The molecule has 0 spiro atoms. The zero-order valence-electron chi connectivity index (χ0n) is 12.5. The Morgan fingerprint density at radius 1 is 0.810 bits per heavy atom. The number of aliphatic imine (C=N–C) groups is 1. The molecule has 0 saturated carbocycles. The monoisotopic (exact) mass is 273 g/mol. The third-order valence-electron chi connectivity index (χ3n) is 3.85. The van der Waals surface area contributed by atoms with Crippen molar-refractivity contribution in [2.24, 2.45) is 4.99 Å². The quantitative estimate of drug-likeness (QED) is 0.566. The van der Waals surface area contributed by atoms with Crippen molar-refractivity contribution in [1.29, 1.82) is 0 Å². The number of hydrogen-bond donors (Lipinski definition) is 0. The molecule has 0 fully saturated rings. The van der Waals surface area contributed by atoms with Crippen molar-refractivity contribution >= 4 is 16.5 Å². The molecule has 3 aromatic carbocycles. The molecular formula is C20H19N. The maximum Gasteiger partial charge on any atom is 0.0724 e. The molecule has 1 unspecified atom stereocenters. The zero-order valence-corrected chi connectivity index (χ0v) is 12.5. The maximum absolute atomic E-state index is 4.88. The predicted molar refractivity (Wildman–Crippen MR) is 91.0 cm³/mol. The summed E-state index contributed by atoms with van der Waals surface area (Å²) in [6, 6.07) is 25.5. The fourth-order valence-electron chi connectivity index (χ4n) is 2.71. The highest BCUT2D eigenvalue weighted by molar-refractivity contribution is 6.09. The van der Waals surface area contributed by atoms with Gasteiger partial charge in [-0.15, -0.1) is 0 Å². The van der Waals surface area contributed by atoms with Gasteiger partial charge in [-0.25, -0.2) is 0 Å². The second kappa shape index (κ2) is 5.92. The Morgan fingerprint density at radius 3 is 2.29 bits per heavy atom. The number of hydrogen-bond acceptors (Lipinski definition) is 1. The van der Waals surface area contributed by atoms with Crippen LogP contribution in [-0.2, 0) is 0 Å². The van der Waals surface area contributed by atoms with Crippen LogP contribution in [0, 0.1) is 0 Å². The molecule has 104 valence electrons. The lowest BCUT2D eigenvalue weighted by atomic mass is 10.0. The highest BCUT2D eigenvalue weighted by atomic mass is 14.8. The van der Waals surface area contributed by atoms with Crippen LogP contribution in [-0.4, -0.2) is 5.71 Å². The lowest BCUT2D eigenvalue weighted by molar-refractivity contribution is 0.820. The van der Waals surface area contributed by atoms with Crippen molar-refractivity contribution < 1.29 is 0 Å². The highest BCUT2D eigenvalue weighted by Gasteiger charge is 2.07. The molecule has 0 aliphatic heterocycles. The number of rotatable bonds is 3. The SMILES string of the molecule is CC(=NC(C)c1ccccc1)c1cccc2ccccc12. The van der Waals surface area contributed by atoms with Gasteiger partial charge in [-0.3, -0.25) is 4.99 Å². The molecule has 1 atom stereocenters. The first-order valence-electron chi connectivity index (χ1n) is 7.33. The topological polar surface area (TPSA) is 12.4 Å². The molecular weight excluding hydrogens is 254 g/mol. The van der Waals surface area contributed by atoms with E-state index in [9.17, 15) is 0 Å². The average molecular weight is 273 g/mol. The Balaban J connectivity index is 2.00. The van der Waals surface area contributed by atoms with E-state index >= 15 is 0 Å². The average Bonchev–Trinajstić information content (AvgIpc) is 2.55. The molecule has 0 aliphatic rings. The smallest absolute Gasteiger partial charge is 0.0724 e. The van der Waals surface area contributed by atoms with Crippen molar-refractivity contribution in [1.82, 2.24) is 0 Å². The van der Waals surface area contributed by atoms with Gasteiger partial charge < -0.3 is 0 Å². The van der Waals surface area contributed by atoms with Gasteiger partial charge in [0.2, 0.25) is 0 Å². The first kappa shape index (κ1) is 13.6. The van der Waals surface area contributed by atoms with E-state index in [0.29, 0.717) is 0 Å². The normalized spacial score (nSPS) is 13.3. The summed E-state index contributed by atoms with van der Waals surface area (Å²) in [6.45, 7) is 4.24. The molecule has 0 bridgehead atoms. The summed E-state index contributed by atoms with van der Waals surface area (Å²) in [7, 11) is 0. The van der Waals surface area contributed by atoms with E-state index in [0.717, 1.165) is 5.71 Å². The second-order valence-corrected chi connectivity index (χ2v) is 5.33. The summed E-state index contributed by atoms with van der Waals surface area (Å²) in [5, 5.41) is 2.53. The predicted octanol–water partition coefficient (Wildman–Crippen LogP) is 5.41. The molecule has 3 aromatic rings. The van der Waals surface area contributed by atoms with Gasteiger partial charge in [-0.1, -0.05) is 72.8 Å². The van der Waals surface area contributed by atoms with Crippen LogP contribution in [0.15, 0.2) is 77.8 Å². The van der Waals surface area contributed by atoms with Crippen molar-refractivity contribution in [3.63, 3.8) is 0 Å². The van der Waals surface area contributed by atoms with Gasteiger partial charge in [-0.05, 0) is 30.2 Å². The first-order valence-corrected chi connectivity index (χ1v) is 7.33. The van der Waals surface area contributed by atoms with Crippen molar-refractivity contribution in [3.05, 3.63) is 83.9 Å². The van der Waals surface area contributed by atoms with Gasteiger partial charge in [0.15, 0.2) is 0 Å². The third kappa shape index (κ3) is 2.87. The van der Waals surface area contributed by atoms with Crippen LogP contribution >= 0.6 is 0 Å². The maximum atomic E-state index is 4.88. The molecule has 1 heteroatoms. The minimum absolute atomic E-state index is 0.171. The molecule has 0 aromatic heterocycles. The largest absolute Gasteiger partial charge is 0.282 e. The highest BCUT2D eigenvalue weighted by Crippen LogP contribution is 2.22. The van der Waals surface area contributed by atoms with E-state index in [-0.39, 0.29) is 6.04 Å². The Bertz CT molecular complexity index is 767.